The second-order valence-corrected chi connectivity index (χ2v) is 6.00. The summed E-state index contributed by atoms with van der Waals surface area (Å²) in [6.45, 7) is 6.62. The van der Waals surface area contributed by atoms with Gasteiger partial charge in [0.25, 0.3) is 0 Å². The average molecular weight is 272 g/mol. The van der Waals surface area contributed by atoms with Crippen LogP contribution in [0.5, 0.6) is 0 Å². The molecule has 0 aliphatic carbocycles. The van der Waals surface area contributed by atoms with Crippen molar-refractivity contribution in [3.63, 3.8) is 0 Å². The highest BCUT2D eigenvalue weighted by molar-refractivity contribution is 5.73. The predicted molar refractivity (Wildman–Crippen MR) is 83.2 cm³/mol. The number of hydrogen-bond acceptors (Lipinski definition) is 2. The second kappa shape index (κ2) is 8.36. The first-order valence-electron chi connectivity index (χ1n) is 7.01. The van der Waals surface area contributed by atoms with E-state index in [4.69, 9.17) is 4.74 Å². The Bertz CT molecular complexity index is 450. The van der Waals surface area contributed by atoms with Crippen molar-refractivity contribution >= 4 is 5.97 Å². The van der Waals surface area contributed by atoms with E-state index in [0.29, 0.717) is 11.8 Å². The number of hydrogen-bond donors (Lipinski definition) is 0. The monoisotopic (exact) mass is 272 g/mol. The molecule has 0 unspecified atom stereocenters. The Hall–Kier alpha value is -1.83. The van der Waals surface area contributed by atoms with Crippen LogP contribution in [0.15, 0.2) is 54.8 Å². The minimum Gasteiger partial charge on any atom is -0.435 e. The van der Waals surface area contributed by atoms with Gasteiger partial charge in [0.2, 0.25) is 0 Å². The van der Waals surface area contributed by atoms with Gasteiger partial charge < -0.3 is 4.74 Å². The van der Waals surface area contributed by atoms with E-state index in [1.165, 1.54) is 6.26 Å². The SMILES string of the molecule is CC(C)(C)C/C=C/C/C=C/OC(=O)Cc1ccccc1. The van der Waals surface area contributed by atoms with Crippen LogP contribution in [0.1, 0.15) is 39.2 Å². The molecule has 0 atom stereocenters. The third kappa shape index (κ3) is 8.30. The molecule has 1 aromatic rings. The smallest absolute Gasteiger partial charge is 0.315 e. The molecule has 0 amide bonds. The Labute approximate surface area is 122 Å². The lowest BCUT2D eigenvalue weighted by molar-refractivity contribution is -0.137. The third-order valence-corrected chi connectivity index (χ3v) is 2.66. The summed E-state index contributed by atoms with van der Waals surface area (Å²) < 4.78 is 5.04. The van der Waals surface area contributed by atoms with Crippen LogP contribution in [0.4, 0.5) is 0 Å². The van der Waals surface area contributed by atoms with Crippen molar-refractivity contribution in [1.29, 1.82) is 0 Å². The van der Waals surface area contributed by atoms with Gasteiger partial charge in [-0.3, -0.25) is 4.79 Å². The topological polar surface area (TPSA) is 26.3 Å². The molecule has 20 heavy (non-hydrogen) atoms. The number of carbonyl (C=O) groups excluding carboxylic acids is 1. The van der Waals surface area contributed by atoms with Gasteiger partial charge in [-0.25, -0.2) is 0 Å². The average Bonchev–Trinajstić information content (AvgIpc) is 2.37. The van der Waals surface area contributed by atoms with Crippen LogP contribution in [0.2, 0.25) is 0 Å². The number of benzene rings is 1. The van der Waals surface area contributed by atoms with Crippen LogP contribution in [-0.2, 0) is 16.0 Å². The zero-order chi connectivity index (χ0) is 14.8. The van der Waals surface area contributed by atoms with E-state index in [-0.39, 0.29) is 5.97 Å². The molecule has 0 fully saturated rings. The quantitative estimate of drug-likeness (QED) is 0.427. The van der Waals surface area contributed by atoms with E-state index < -0.39 is 0 Å². The summed E-state index contributed by atoms with van der Waals surface area (Å²) in [7, 11) is 0. The molecule has 0 heterocycles. The van der Waals surface area contributed by atoms with E-state index in [9.17, 15) is 4.79 Å². The molecule has 0 radical (unpaired) electrons. The van der Waals surface area contributed by atoms with E-state index in [1.54, 1.807) is 0 Å². The van der Waals surface area contributed by atoms with Crippen LogP contribution >= 0.6 is 0 Å². The van der Waals surface area contributed by atoms with Gasteiger partial charge in [-0.2, -0.15) is 0 Å². The van der Waals surface area contributed by atoms with E-state index in [2.05, 4.69) is 32.9 Å². The molecule has 0 aliphatic heterocycles. The maximum atomic E-state index is 11.5. The predicted octanol–water partition coefficient (Wildman–Crippen LogP) is 4.67. The van der Waals surface area contributed by atoms with Crippen LogP contribution in [0.25, 0.3) is 0 Å². The number of esters is 1. The van der Waals surface area contributed by atoms with Crippen molar-refractivity contribution in [1.82, 2.24) is 0 Å². The third-order valence-electron chi connectivity index (χ3n) is 2.66. The van der Waals surface area contributed by atoms with Crippen molar-refractivity contribution < 1.29 is 9.53 Å². The van der Waals surface area contributed by atoms with E-state index >= 15 is 0 Å². The summed E-state index contributed by atoms with van der Waals surface area (Å²) in [5.41, 5.74) is 1.29. The molecule has 0 aromatic heterocycles. The second-order valence-electron chi connectivity index (χ2n) is 6.00. The van der Waals surface area contributed by atoms with Gasteiger partial charge in [0, 0.05) is 0 Å². The molecule has 0 saturated carbocycles. The van der Waals surface area contributed by atoms with Crippen molar-refractivity contribution in [3.05, 3.63) is 60.4 Å². The summed E-state index contributed by atoms with van der Waals surface area (Å²) in [4.78, 5) is 11.5. The van der Waals surface area contributed by atoms with Crippen LogP contribution in [-0.4, -0.2) is 5.97 Å². The standard InChI is InChI=1S/C18H24O2/c1-18(2,3)13-9-4-5-10-14-20-17(19)15-16-11-7-6-8-12-16/h4,6-12,14H,5,13,15H2,1-3H3/b9-4+,14-10+. The highest BCUT2D eigenvalue weighted by Gasteiger charge is 2.05. The molecular weight excluding hydrogens is 248 g/mol. The van der Waals surface area contributed by atoms with Gasteiger partial charge in [0.05, 0.1) is 12.7 Å². The minimum absolute atomic E-state index is 0.230. The van der Waals surface area contributed by atoms with E-state index in [0.717, 1.165) is 18.4 Å². The lowest BCUT2D eigenvalue weighted by Gasteiger charge is -2.14. The molecule has 2 nitrogen and oxygen atoms in total. The summed E-state index contributed by atoms with van der Waals surface area (Å²) in [5.74, 6) is -0.230. The summed E-state index contributed by atoms with van der Waals surface area (Å²) in [6, 6.07) is 9.59. The Morgan fingerprint density at radius 3 is 2.45 bits per heavy atom. The molecule has 0 bridgehead atoms. The highest BCUT2D eigenvalue weighted by Crippen LogP contribution is 2.18. The molecule has 0 saturated heterocycles. The Morgan fingerprint density at radius 1 is 1.10 bits per heavy atom. The first-order valence-corrected chi connectivity index (χ1v) is 7.01. The molecule has 0 N–H and O–H groups in total. The lowest BCUT2D eigenvalue weighted by atomic mass is 9.92. The number of ether oxygens (including phenoxy) is 1. The van der Waals surface area contributed by atoms with Crippen LogP contribution in [0, 0.1) is 5.41 Å². The number of carbonyl (C=O) groups is 1. The maximum absolute atomic E-state index is 11.5. The molecule has 108 valence electrons. The largest absolute Gasteiger partial charge is 0.435 e. The fraction of sp³-hybridized carbons (Fsp3) is 0.389. The number of allylic oxidation sites excluding steroid dienone is 3. The van der Waals surface area contributed by atoms with Crippen molar-refractivity contribution in [2.45, 2.75) is 40.0 Å². The fourth-order valence-electron chi connectivity index (χ4n) is 1.60. The minimum atomic E-state index is -0.230. The lowest BCUT2D eigenvalue weighted by Crippen LogP contribution is -2.03. The fourth-order valence-corrected chi connectivity index (χ4v) is 1.60. The Morgan fingerprint density at radius 2 is 1.80 bits per heavy atom. The highest BCUT2D eigenvalue weighted by atomic mass is 16.5. The molecular formula is C18H24O2. The molecule has 1 aromatic carbocycles. The van der Waals surface area contributed by atoms with Gasteiger partial charge in [-0.05, 0) is 29.9 Å². The van der Waals surface area contributed by atoms with Crippen molar-refractivity contribution in [3.8, 4) is 0 Å². The van der Waals surface area contributed by atoms with Gasteiger partial charge in [-0.1, -0.05) is 63.3 Å². The molecule has 1 rings (SSSR count). The Balaban J connectivity index is 2.19. The first-order chi connectivity index (χ1) is 9.47. The molecule has 0 spiro atoms. The molecule has 0 aliphatic rings. The summed E-state index contributed by atoms with van der Waals surface area (Å²) in [5, 5.41) is 0. The summed E-state index contributed by atoms with van der Waals surface area (Å²) >= 11 is 0. The van der Waals surface area contributed by atoms with Crippen molar-refractivity contribution in [2.75, 3.05) is 0 Å². The first kappa shape index (κ1) is 16.2. The summed E-state index contributed by atoms with van der Waals surface area (Å²) in [6.07, 6.45) is 9.73. The van der Waals surface area contributed by atoms with Gasteiger partial charge in [0.1, 0.15) is 0 Å². The van der Waals surface area contributed by atoms with E-state index in [1.807, 2.05) is 36.4 Å². The molecule has 2 heteroatoms. The van der Waals surface area contributed by atoms with Gasteiger partial charge in [-0.15, -0.1) is 0 Å². The zero-order valence-electron chi connectivity index (χ0n) is 12.6. The van der Waals surface area contributed by atoms with Gasteiger partial charge >= 0.3 is 5.97 Å². The van der Waals surface area contributed by atoms with Crippen molar-refractivity contribution in [2.24, 2.45) is 5.41 Å². The normalized spacial score (nSPS) is 12.2. The van der Waals surface area contributed by atoms with Crippen LogP contribution in [0.3, 0.4) is 0 Å². The Kier molecular flexibility index (Phi) is 6.78. The van der Waals surface area contributed by atoms with Crippen LogP contribution < -0.4 is 0 Å². The maximum Gasteiger partial charge on any atom is 0.315 e. The number of rotatable bonds is 6. The zero-order valence-corrected chi connectivity index (χ0v) is 12.6. The van der Waals surface area contributed by atoms with Gasteiger partial charge in [0.15, 0.2) is 0 Å².